The molecule has 114 valence electrons. The summed E-state index contributed by atoms with van der Waals surface area (Å²) in [7, 11) is 3.35. The van der Waals surface area contributed by atoms with Crippen molar-refractivity contribution in [2.75, 3.05) is 19.1 Å². The first-order chi connectivity index (χ1) is 9.72. The van der Waals surface area contributed by atoms with Crippen LogP contribution in [-0.4, -0.2) is 41.4 Å². The van der Waals surface area contributed by atoms with E-state index in [0.29, 0.717) is 5.01 Å². The number of urea groups is 1. The molecule has 1 aromatic carbocycles. The van der Waals surface area contributed by atoms with Gasteiger partial charge in [0.05, 0.1) is 42.6 Å². The van der Waals surface area contributed by atoms with Gasteiger partial charge in [-0.05, 0) is 18.2 Å². The minimum atomic E-state index is -1.67. The largest absolute Gasteiger partial charge is 0.529 e. The van der Waals surface area contributed by atoms with Crippen molar-refractivity contribution in [3.05, 3.63) is 28.2 Å². The Kier molecular flexibility index (Phi) is 6.13. The van der Waals surface area contributed by atoms with Gasteiger partial charge in [-0.3, -0.25) is 10.0 Å². The first-order valence-corrected chi connectivity index (χ1v) is 6.64. The molecule has 0 unspecified atom stereocenters. The third-order valence-electron chi connectivity index (χ3n) is 2.09. The highest BCUT2D eigenvalue weighted by Gasteiger charge is 2.26. The van der Waals surface area contributed by atoms with E-state index in [4.69, 9.17) is 23.2 Å². The molecule has 0 aliphatic heterocycles. The number of anilines is 1. The molecular formula is C11H12Cl2N4O3S. The Hall–Kier alpha value is -1.64. The average molecular weight is 351 g/mol. The van der Waals surface area contributed by atoms with Crippen LogP contribution in [0.3, 0.4) is 0 Å². The minimum absolute atomic E-state index is 0.157. The zero-order valence-electron chi connectivity index (χ0n) is 11.1. The van der Waals surface area contributed by atoms with Gasteiger partial charge in [-0.25, -0.2) is 4.79 Å². The highest BCUT2D eigenvalue weighted by atomic mass is 35.5. The average Bonchev–Trinajstić information content (AvgIpc) is 2.37. The minimum Gasteiger partial charge on any atom is -0.529 e. The van der Waals surface area contributed by atoms with Crippen molar-refractivity contribution in [1.29, 1.82) is 0 Å². The molecule has 7 nitrogen and oxygen atoms in total. The maximum absolute atomic E-state index is 12.2. The molecule has 10 heteroatoms. The van der Waals surface area contributed by atoms with Gasteiger partial charge in [-0.1, -0.05) is 23.2 Å². The second-order valence-corrected chi connectivity index (χ2v) is 5.28. The lowest BCUT2D eigenvalue weighted by atomic mass is 10.3. The molecule has 0 bridgehead atoms. The van der Waals surface area contributed by atoms with Crippen molar-refractivity contribution >= 4 is 60.2 Å². The topological polar surface area (TPSA) is 78.7 Å². The van der Waals surface area contributed by atoms with Crippen LogP contribution in [0.5, 0.6) is 0 Å². The number of carboxylic acid groups (broad SMARTS) is 1. The molecule has 3 amide bonds. The molecule has 1 rings (SSSR count). The van der Waals surface area contributed by atoms with Gasteiger partial charge in [0.2, 0.25) is 0 Å². The summed E-state index contributed by atoms with van der Waals surface area (Å²) in [5.74, 6) is 0. The van der Waals surface area contributed by atoms with E-state index in [1.807, 2.05) is 5.43 Å². The summed E-state index contributed by atoms with van der Waals surface area (Å²) in [5.41, 5.74) is 2.01. The number of hydrogen-bond acceptors (Lipinski definition) is 4. The Morgan fingerprint density at radius 3 is 2.43 bits per heavy atom. The van der Waals surface area contributed by atoms with Gasteiger partial charge in [-0.15, -0.1) is 4.31 Å². The van der Waals surface area contributed by atoms with Crippen LogP contribution in [0, 0.1) is 0 Å². The highest BCUT2D eigenvalue weighted by molar-refractivity contribution is 7.78. The van der Waals surface area contributed by atoms with Gasteiger partial charge in [0.1, 0.15) is 0 Å². The molecule has 0 fully saturated rings. The number of carbonyl (C=O) groups is 2. The van der Waals surface area contributed by atoms with Gasteiger partial charge < -0.3 is 9.90 Å². The number of nitrogens with one attached hydrogen (secondary N) is 1. The summed E-state index contributed by atoms with van der Waals surface area (Å²) < 4.78 is 2.44. The fraction of sp³-hybridized carbons (Fsp3) is 0.182. The number of hydrazine groups is 1. The Labute approximate surface area is 136 Å². The van der Waals surface area contributed by atoms with Crippen molar-refractivity contribution in [2.45, 2.75) is 0 Å². The second-order valence-electron chi connectivity index (χ2n) is 4.04. The van der Waals surface area contributed by atoms with Gasteiger partial charge >= 0.3 is 6.03 Å². The van der Waals surface area contributed by atoms with Crippen molar-refractivity contribution < 1.29 is 19.3 Å². The van der Waals surface area contributed by atoms with E-state index in [9.17, 15) is 14.7 Å². The van der Waals surface area contributed by atoms with Gasteiger partial charge in [0.15, 0.2) is 6.09 Å². The zero-order valence-corrected chi connectivity index (χ0v) is 13.5. The van der Waals surface area contributed by atoms with Crippen molar-refractivity contribution in [3.8, 4) is 0 Å². The van der Waals surface area contributed by atoms with E-state index in [1.54, 1.807) is 18.7 Å². The van der Waals surface area contributed by atoms with Gasteiger partial charge in [0, 0.05) is 0 Å². The van der Waals surface area contributed by atoms with Crippen LogP contribution in [0.4, 0.5) is 15.3 Å². The number of carbonyl (C=O) groups excluding carboxylic acids is 2. The van der Waals surface area contributed by atoms with Crippen LogP contribution in [0.25, 0.3) is 0 Å². The number of nitrogens with zero attached hydrogens (tertiary/aromatic N) is 3. The summed E-state index contributed by atoms with van der Waals surface area (Å²) in [6.07, 6.45) is -0.326. The van der Waals surface area contributed by atoms with Crippen LogP contribution >= 0.6 is 36.0 Å². The number of hydrogen-bond donors (Lipinski definition) is 2. The zero-order chi connectivity index (χ0) is 16.2. The molecule has 0 heterocycles. The Bertz CT molecular complexity index is 593. The van der Waals surface area contributed by atoms with Crippen molar-refractivity contribution in [2.24, 2.45) is 0 Å². The number of rotatable bonds is 2. The molecule has 21 heavy (non-hydrogen) atoms. The summed E-state index contributed by atoms with van der Waals surface area (Å²) in [6.45, 7) is 0. The van der Waals surface area contributed by atoms with Crippen LogP contribution in [0.1, 0.15) is 0 Å². The number of thiol groups is 1. The smallest absolute Gasteiger partial charge is 0.445 e. The summed E-state index contributed by atoms with van der Waals surface area (Å²) in [6, 6.07) is 3.39. The Morgan fingerprint density at radius 1 is 1.33 bits per heavy atom. The third kappa shape index (κ3) is 5.00. The fourth-order valence-electron chi connectivity index (χ4n) is 1.31. The molecule has 0 aliphatic rings. The molecule has 1 aromatic rings. The number of amides is 3. The first-order valence-electron chi connectivity index (χ1n) is 5.48. The molecule has 0 atom stereocenters. The highest BCUT2D eigenvalue weighted by Crippen LogP contribution is 2.27. The quantitative estimate of drug-likeness (QED) is 0.276. The second kappa shape index (κ2) is 7.39. The SMILES string of the molecule is C[N+](C)=CN(S)C(=O)N(NC(=O)[O-])c1ccc(Cl)c(Cl)c1. The third-order valence-corrected chi connectivity index (χ3v) is 3.11. The maximum atomic E-state index is 12.2. The van der Waals surface area contributed by atoms with E-state index < -0.39 is 12.1 Å². The van der Waals surface area contributed by atoms with Gasteiger partial charge in [0.25, 0.3) is 6.34 Å². The fourth-order valence-corrected chi connectivity index (χ4v) is 1.90. The lowest BCUT2D eigenvalue weighted by molar-refractivity contribution is -0.462. The molecule has 0 saturated carbocycles. The first kappa shape index (κ1) is 17.4. The van der Waals surface area contributed by atoms with Gasteiger partial charge in [-0.2, -0.15) is 5.01 Å². The maximum Gasteiger partial charge on any atom is 0.445 e. The molecular weight excluding hydrogens is 339 g/mol. The molecule has 0 saturated heterocycles. The summed E-state index contributed by atoms with van der Waals surface area (Å²) in [4.78, 5) is 22.9. The predicted molar refractivity (Wildman–Crippen MR) is 81.9 cm³/mol. The number of halogens is 2. The van der Waals surface area contributed by atoms with Crippen LogP contribution in [0.15, 0.2) is 18.2 Å². The van der Waals surface area contributed by atoms with Crippen LogP contribution < -0.4 is 15.5 Å². The molecule has 0 aliphatic carbocycles. The Balaban J connectivity index is 3.16. The summed E-state index contributed by atoms with van der Waals surface area (Å²) >= 11 is 15.6. The molecule has 0 aromatic heterocycles. The summed E-state index contributed by atoms with van der Waals surface area (Å²) in [5, 5.41) is 11.9. The molecule has 0 spiro atoms. The predicted octanol–water partition coefficient (Wildman–Crippen LogP) is 1.21. The van der Waals surface area contributed by atoms with E-state index >= 15 is 0 Å². The normalized spacial score (nSPS) is 9.76. The van der Waals surface area contributed by atoms with Crippen molar-refractivity contribution in [3.63, 3.8) is 0 Å². The Morgan fingerprint density at radius 2 is 1.95 bits per heavy atom. The molecule has 0 radical (unpaired) electrons. The lowest BCUT2D eigenvalue weighted by Crippen LogP contribution is -2.54. The van der Waals surface area contributed by atoms with Crippen LogP contribution in [-0.2, 0) is 0 Å². The van der Waals surface area contributed by atoms with E-state index in [2.05, 4.69) is 12.8 Å². The lowest BCUT2D eigenvalue weighted by Gasteiger charge is -2.24. The monoisotopic (exact) mass is 350 g/mol. The van der Waals surface area contributed by atoms with Crippen LogP contribution in [0.2, 0.25) is 10.0 Å². The van der Waals surface area contributed by atoms with E-state index in [-0.39, 0.29) is 15.7 Å². The number of benzene rings is 1. The molecule has 1 N–H and O–H groups in total. The van der Waals surface area contributed by atoms with E-state index in [1.165, 1.54) is 24.5 Å². The van der Waals surface area contributed by atoms with E-state index in [0.717, 1.165) is 4.31 Å². The van der Waals surface area contributed by atoms with Crippen molar-refractivity contribution in [1.82, 2.24) is 9.73 Å². The standard InChI is InChI=1S/C11H12Cl2N4O3S/c1-15(2)6-16(21)11(20)17(14-10(18)19)7-3-4-8(12)9(13)5-7/h3-6,14H,1-2H3,(H-,18,19,21).